The van der Waals surface area contributed by atoms with E-state index in [1.807, 2.05) is 0 Å². The van der Waals surface area contributed by atoms with Gasteiger partial charge in [-0.3, -0.25) is 4.79 Å². The molecule has 0 radical (unpaired) electrons. The molecule has 5 nitrogen and oxygen atoms in total. The average molecular weight is 294 g/mol. The molecule has 0 saturated carbocycles. The molecule has 0 fully saturated rings. The van der Waals surface area contributed by atoms with Crippen LogP contribution in [-0.4, -0.2) is 24.7 Å². The molecule has 0 aliphatic rings. The Morgan fingerprint density at radius 2 is 2.10 bits per heavy atom. The highest BCUT2D eigenvalue weighted by Gasteiger charge is 2.14. The number of anilines is 1. The lowest BCUT2D eigenvalue weighted by atomic mass is 9.88. The minimum absolute atomic E-state index is 0.0125. The molecule has 1 rings (SSSR count). The fourth-order valence-electron chi connectivity index (χ4n) is 2.33. The van der Waals surface area contributed by atoms with Crippen molar-refractivity contribution in [1.29, 1.82) is 0 Å². The first-order chi connectivity index (χ1) is 9.97. The molecular formula is C16H26N2O3. The maximum atomic E-state index is 12.0. The van der Waals surface area contributed by atoms with Gasteiger partial charge >= 0.3 is 0 Å². The SMILES string of the molecule is COc1ccc(NC(=O)CCC(CCN)C(C)C)cc1O. The molecule has 0 aromatic heterocycles. The number of carbonyl (C=O) groups excluding carboxylic acids is 1. The number of ether oxygens (including phenoxy) is 1. The summed E-state index contributed by atoms with van der Waals surface area (Å²) in [6.07, 6.45) is 2.22. The number of amides is 1. The Morgan fingerprint density at radius 3 is 2.62 bits per heavy atom. The van der Waals surface area contributed by atoms with Gasteiger partial charge in [-0.2, -0.15) is 0 Å². The minimum atomic E-state index is -0.0535. The van der Waals surface area contributed by atoms with Crippen molar-refractivity contribution in [2.45, 2.75) is 33.1 Å². The van der Waals surface area contributed by atoms with Gasteiger partial charge in [-0.15, -0.1) is 0 Å². The summed E-state index contributed by atoms with van der Waals surface area (Å²) in [5, 5.41) is 12.5. The summed E-state index contributed by atoms with van der Waals surface area (Å²) in [6.45, 7) is 4.95. The number of nitrogens with two attached hydrogens (primary N) is 1. The zero-order chi connectivity index (χ0) is 15.8. The predicted octanol–water partition coefficient (Wildman–Crippen LogP) is 2.74. The van der Waals surface area contributed by atoms with Gasteiger partial charge in [0, 0.05) is 18.2 Å². The van der Waals surface area contributed by atoms with Crippen molar-refractivity contribution in [3.05, 3.63) is 18.2 Å². The standard InChI is InChI=1S/C16H26N2O3/c1-11(2)12(8-9-17)4-7-16(20)18-13-5-6-15(21-3)14(19)10-13/h5-6,10-12,19H,4,7-9,17H2,1-3H3,(H,18,20). The zero-order valence-corrected chi connectivity index (χ0v) is 13.1. The largest absolute Gasteiger partial charge is 0.504 e. The molecule has 1 unspecified atom stereocenters. The molecule has 0 heterocycles. The zero-order valence-electron chi connectivity index (χ0n) is 13.1. The highest BCUT2D eigenvalue weighted by atomic mass is 16.5. The summed E-state index contributed by atoms with van der Waals surface area (Å²) in [6, 6.07) is 4.81. The first-order valence-electron chi connectivity index (χ1n) is 7.34. The van der Waals surface area contributed by atoms with E-state index in [1.54, 1.807) is 12.1 Å². The molecule has 118 valence electrons. The van der Waals surface area contributed by atoms with Crippen LogP contribution in [-0.2, 0) is 4.79 Å². The van der Waals surface area contributed by atoms with E-state index in [0.717, 1.165) is 12.8 Å². The number of carbonyl (C=O) groups is 1. The Morgan fingerprint density at radius 1 is 1.38 bits per heavy atom. The van der Waals surface area contributed by atoms with Crippen molar-refractivity contribution >= 4 is 11.6 Å². The third-order valence-corrected chi connectivity index (χ3v) is 3.69. The van der Waals surface area contributed by atoms with Gasteiger partial charge in [0.15, 0.2) is 11.5 Å². The minimum Gasteiger partial charge on any atom is -0.504 e. The van der Waals surface area contributed by atoms with E-state index in [1.165, 1.54) is 13.2 Å². The molecule has 0 aliphatic carbocycles. The van der Waals surface area contributed by atoms with Crippen LogP contribution >= 0.6 is 0 Å². The van der Waals surface area contributed by atoms with Crippen LogP contribution in [0.3, 0.4) is 0 Å². The van der Waals surface area contributed by atoms with Crippen LogP contribution in [0, 0.1) is 11.8 Å². The summed E-state index contributed by atoms with van der Waals surface area (Å²) < 4.78 is 4.96. The van der Waals surface area contributed by atoms with E-state index >= 15 is 0 Å². The van der Waals surface area contributed by atoms with Gasteiger partial charge in [0.2, 0.25) is 5.91 Å². The van der Waals surface area contributed by atoms with E-state index in [4.69, 9.17) is 10.5 Å². The molecule has 4 N–H and O–H groups in total. The number of phenols is 1. The van der Waals surface area contributed by atoms with Crippen LogP contribution < -0.4 is 15.8 Å². The molecule has 1 aromatic carbocycles. The van der Waals surface area contributed by atoms with Crippen molar-refractivity contribution in [2.75, 3.05) is 19.0 Å². The number of hydrogen-bond acceptors (Lipinski definition) is 4. The summed E-state index contributed by atoms with van der Waals surface area (Å²) in [7, 11) is 1.48. The van der Waals surface area contributed by atoms with Crippen molar-refractivity contribution in [3.63, 3.8) is 0 Å². The lowest BCUT2D eigenvalue weighted by Crippen LogP contribution is -2.18. The lowest BCUT2D eigenvalue weighted by Gasteiger charge is -2.19. The van der Waals surface area contributed by atoms with Crippen LogP contribution in [0.5, 0.6) is 11.5 Å². The molecule has 1 aromatic rings. The first-order valence-corrected chi connectivity index (χ1v) is 7.34. The number of phenolic OH excluding ortho intramolecular Hbond substituents is 1. The van der Waals surface area contributed by atoms with Crippen LogP contribution in [0.25, 0.3) is 0 Å². The van der Waals surface area contributed by atoms with Gasteiger partial charge in [-0.25, -0.2) is 0 Å². The van der Waals surface area contributed by atoms with Gasteiger partial charge in [-0.05, 0) is 43.4 Å². The maximum Gasteiger partial charge on any atom is 0.224 e. The van der Waals surface area contributed by atoms with Gasteiger partial charge in [0.1, 0.15) is 0 Å². The van der Waals surface area contributed by atoms with Gasteiger partial charge in [0.05, 0.1) is 7.11 Å². The maximum absolute atomic E-state index is 12.0. The summed E-state index contributed by atoms with van der Waals surface area (Å²) >= 11 is 0. The van der Waals surface area contributed by atoms with E-state index in [9.17, 15) is 9.90 Å². The summed E-state index contributed by atoms with van der Waals surface area (Å²) in [4.78, 5) is 12.0. The number of hydrogen-bond donors (Lipinski definition) is 3. The topological polar surface area (TPSA) is 84.6 Å². The van der Waals surface area contributed by atoms with Crippen molar-refractivity contribution in [3.8, 4) is 11.5 Å². The third kappa shape index (κ3) is 5.63. The van der Waals surface area contributed by atoms with Gasteiger partial charge in [0.25, 0.3) is 0 Å². The van der Waals surface area contributed by atoms with Crippen LogP contribution in [0.4, 0.5) is 5.69 Å². The lowest BCUT2D eigenvalue weighted by molar-refractivity contribution is -0.116. The highest BCUT2D eigenvalue weighted by Crippen LogP contribution is 2.28. The predicted molar refractivity (Wildman–Crippen MR) is 84.5 cm³/mol. The second kappa shape index (κ2) is 8.52. The smallest absolute Gasteiger partial charge is 0.224 e. The van der Waals surface area contributed by atoms with Gasteiger partial charge < -0.3 is 20.9 Å². The number of benzene rings is 1. The highest BCUT2D eigenvalue weighted by molar-refractivity contribution is 5.91. The second-order valence-corrected chi connectivity index (χ2v) is 5.55. The third-order valence-electron chi connectivity index (χ3n) is 3.69. The summed E-state index contributed by atoms with van der Waals surface area (Å²) in [5.74, 6) is 1.33. The molecule has 0 bridgehead atoms. The van der Waals surface area contributed by atoms with Gasteiger partial charge in [-0.1, -0.05) is 13.8 Å². The van der Waals surface area contributed by atoms with E-state index in [2.05, 4.69) is 19.2 Å². The molecular weight excluding hydrogens is 268 g/mol. The fraction of sp³-hybridized carbons (Fsp3) is 0.562. The Hall–Kier alpha value is -1.75. The molecule has 1 atom stereocenters. The monoisotopic (exact) mass is 294 g/mol. The van der Waals surface area contributed by atoms with E-state index in [0.29, 0.717) is 36.2 Å². The molecule has 21 heavy (non-hydrogen) atoms. The summed E-state index contributed by atoms with van der Waals surface area (Å²) in [5.41, 5.74) is 6.17. The molecule has 0 saturated heterocycles. The Bertz CT molecular complexity index is 461. The molecule has 0 spiro atoms. The fourth-order valence-corrected chi connectivity index (χ4v) is 2.33. The number of nitrogens with one attached hydrogen (secondary N) is 1. The van der Waals surface area contributed by atoms with Crippen molar-refractivity contribution in [1.82, 2.24) is 0 Å². The molecule has 0 aliphatic heterocycles. The Balaban J connectivity index is 2.51. The normalized spacial score (nSPS) is 12.2. The molecule has 1 amide bonds. The van der Waals surface area contributed by atoms with Crippen LogP contribution in [0.15, 0.2) is 18.2 Å². The number of aromatic hydroxyl groups is 1. The van der Waals surface area contributed by atoms with E-state index < -0.39 is 0 Å². The average Bonchev–Trinajstić information content (AvgIpc) is 2.43. The van der Waals surface area contributed by atoms with Crippen LogP contribution in [0.1, 0.15) is 33.1 Å². The Kier molecular flexibility index (Phi) is 7.02. The van der Waals surface area contributed by atoms with Crippen molar-refractivity contribution in [2.24, 2.45) is 17.6 Å². The first kappa shape index (κ1) is 17.3. The molecule has 5 heteroatoms. The van der Waals surface area contributed by atoms with Crippen LogP contribution in [0.2, 0.25) is 0 Å². The number of methoxy groups -OCH3 is 1. The quantitative estimate of drug-likeness (QED) is 0.688. The van der Waals surface area contributed by atoms with E-state index in [-0.39, 0.29) is 11.7 Å². The Labute approximate surface area is 126 Å². The second-order valence-electron chi connectivity index (χ2n) is 5.55. The van der Waals surface area contributed by atoms with Crippen molar-refractivity contribution < 1.29 is 14.6 Å². The number of rotatable bonds is 8.